The van der Waals surface area contributed by atoms with Crippen LogP contribution in [0, 0.1) is 0 Å². The third kappa shape index (κ3) is 5.16. The minimum absolute atomic E-state index is 0.0353. The van der Waals surface area contributed by atoms with Crippen LogP contribution in [0.25, 0.3) is 0 Å². The zero-order chi connectivity index (χ0) is 33.1. The van der Waals surface area contributed by atoms with Crippen molar-refractivity contribution in [2.75, 3.05) is 5.32 Å². The van der Waals surface area contributed by atoms with Gasteiger partial charge in [0.2, 0.25) is 0 Å². The standard InChI is InChI=1S/C21H17F16NO3S/c1-7(2)41-12(39)10-8-5-3-4-6-9(8)42-11(10)38-14(40)16(26,27)18(30,31)20(34,35)21(36,37)19(32,33)17(28,29)15(24,25)13(22)23/h7,13H,3-6H2,1-2H3,(H,38,40). The molecule has 1 aliphatic rings. The van der Waals surface area contributed by atoms with Crippen molar-refractivity contribution in [1.82, 2.24) is 0 Å². The number of esters is 1. The molecule has 21 heteroatoms. The van der Waals surface area contributed by atoms with E-state index in [-0.39, 0.29) is 34.6 Å². The van der Waals surface area contributed by atoms with Crippen LogP contribution < -0.4 is 5.32 Å². The summed E-state index contributed by atoms with van der Waals surface area (Å²) >= 11 is 0.278. The summed E-state index contributed by atoms with van der Waals surface area (Å²) in [5.41, 5.74) is -0.658. The molecule has 4 nitrogen and oxygen atoms in total. The first-order valence-corrected chi connectivity index (χ1v) is 12.1. The highest BCUT2D eigenvalue weighted by atomic mass is 32.1. The van der Waals surface area contributed by atoms with Gasteiger partial charge in [0.1, 0.15) is 5.00 Å². The van der Waals surface area contributed by atoms with E-state index in [0.29, 0.717) is 12.8 Å². The molecule has 1 heterocycles. The number of hydrogen-bond acceptors (Lipinski definition) is 4. The Morgan fingerprint density at radius 1 is 0.738 bits per heavy atom. The number of carbonyl (C=O) groups is 2. The average Bonchev–Trinajstić information content (AvgIpc) is 3.20. The fourth-order valence-electron chi connectivity index (χ4n) is 3.60. The molecule has 1 aromatic heterocycles. The van der Waals surface area contributed by atoms with Crippen molar-refractivity contribution in [3.05, 3.63) is 16.0 Å². The van der Waals surface area contributed by atoms with Crippen LogP contribution in [0.3, 0.4) is 0 Å². The first-order valence-electron chi connectivity index (χ1n) is 11.2. The minimum Gasteiger partial charge on any atom is -0.459 e. The maximum Gasteiger partial charge on any atom is 0.393 e. The van der Waals surface area contributed by atoms with Gasteiger partial charge in [0.25, 0.3) is 0 Å². The normalized spacial score (nSPS) is 16.1. The van der Waals surface area contributed by atoms with Crippen LogP contribution in [0.5, 0.6) is 0 Å². The molecule has 42 heavy (non-hydrogen) atoms. The summed E-state index contributed by atoms with van der Waals surface area (Å²) in [4.78, 5) is 24.7. The minimum atomic E-state index is -8.62. The molecule has 1 aromatic rings. The van der Waals surface area contributed by atoms with Gasteiger partial charge in [0.15, 0.2) is 0 Å². The van der Waals surface area contributed by atoms with E-state index in [1.807, 2.05) is 0 Å². The first kappa shape index (κ1) is 35.7. The topological polar surface area (TPSA) is 55.4 Å². The smallest absolute Gasteiger partial charge is 0.393 e. The highest BCUT2D eigenvalue weighted by molar-refractivity contribution is 7.17. The molecule has 1 N–H and O–H groups in total. The second-order valence-corrected chi connectivity index (χ2v) is 10.3. The number of anilines is 1. The molecule has 2 rings (SSSR count). The molecular formula is C21H17F16NO3S. The number of nitrogens with one attached hydrogen (secondary N) is 1. The molecule has 1 aliphatic carbocycles. The van der Waals surface area contributed by atoms with Crippen LogP contribution in [0.15, 0.2) is 0 Å². The van der Waals surface area contributed by atoms with E-state index in [2.05, 4.69) is 0 Å². The SMILES string of the molecule is CC(C)OC(=O)c1c(NC(=O)C(F)(F)C(F)(F)C(F)(F)C(F)(F)C(F)(F)C(F)(F)C(F)(F)C(F)F)sc2c1CCCC2. The molecule has 0 aliphatic heterocycles. The summed E-state index contributed by atoms with van der Waals surface area (Å²) < 4.78 is 222. The van der Waals surface area contributed by atoms with Crippen LogP contribution in [0.2, 0.25) is 0 Å². The van der Waals surface area contributed by atoms with Gasteiger partial charge in [0.05, 0.1) is 11.7 Å². The second kappa shape index (κ2) is 10.9. The highest BCUT2D eigenvalue weighted by Gasteiger charge is 2.94. The van der Waals surface area contributed by atoms with Gasteiger partial charge in [-0.15, -0.1) is 11.3 Å². The van der Waals surface area contributed by atoms with E-state index in [4.69, 9.17) is 4.74 Å². The maximum atomic E-state index is 14.4. The van der Waals surface area contributed by atoms with E-state index in [1.54, 1.807) is 0 Å². The van der Waals surface area contributed by atoms with Crippen molar-refractivity contribution in [2.45, 2.75) is 93.5 Å². The van der Waals surface area contributed by atoms with Crippen molar-refractivity contribution >= 4 is 28.2 Å². The fraction of sp³-hybridized carbons (Fsp3) is 0.714. The van der Waals surface area contributed by atoms with Crippen LogP contribution in [-0.4, -0.2) is 65.9 Å². The third-order valence-electron chi connectivity index (χ3n) is 5.89. The number of halogens is 16. The summed E-state index contributed by atoms with van der Waals surface area (Å²) in [6.45, 7) is 2.59. The summed E-state index contributed by atoms with van der Waals surface area (Å²) in [5.74, 6) is -61.7. The first-order chi connectivity index (χ1) is 18.6. The van der Waals surface area contributed by atoms with Gasteiger partial charge in [-0.2, -0.15) is 61.5 Å². The van der Waals surface area contributed by atoms with Gasteiger partial charge in [0, 0.05) is 4.88 Å². The lowest BCUT2D eigenvalue weighted by Gasteiger charge is -2.42. The molecule has 0 atom stereocenters. The Labute approximate surface area is 228 Å². The van der Waals surface area contributed by atoms with E-state index in [0.717, 1.165) is 5.32 Å². The Balaban J connectivity index is 2.57. The van der Waals surface area contributed by atoms with Gasteiger partial charge in [-0.25, -0.2) is 13.6 Å². The fourth-order valence-corrected chi connectivity index (χ4v) is 4.87. The van der Waals surface area contributed by atoms with Crippen LogP contribution >= 0.6 is 11.3 Å². The number of ether oxygens (including phenoxy) is 1. The number of alkyl halides is 16. The van der Waals surface area contributed by atoms with Crippen LogP contribution in [0.1, 0.15) is 47.5 Å². The quantitative estimate of drug-likeness (QED) is 0.193. The van der Waals surface area contributed by atoms with Crippen molar-refractivity contribution in [3.8, 4) is 0 Å². The van der Waals surface area contributed by atoms with Crippen molar-refractivity contribution in [3.63, 3.8) is 0 Å². The van der Waals surface area contributed by atoms with Gasteiger partial charge >= 0.3 is 59.8 Å². The summed E-state index contributed by atoms with van der Waals surface area (Å²) in [5, 5.41) is -0.129. The van der Waals surface area contributed by atoms with E-state index < -0.39 is 76.4 Å². The summed E-state index contributed by atoms with van der Waals surface area (Å²) in [6, 6.07) is 0. The number of fused-ring (bicyclic) bond motifs is 1. The monoisotopic (exact) mass is 667 g/mol. The number of aryl methyl sites for hydroxylation is 1. The molecule has 0 radical (unpaired) electrons. The van der Waals surface area contributed by atoms with Crippen molar-refractivity contribution in [2.24, 2.45) is 0 Å². The van der Waals surface area contributed by atoms with E-state index in [9.17, 15) is 79.8 Å². The summed E-state index contributed by atoms with van der Waals surface area (Å²) in [6.07, 6.45) is -5.89. The predicted octanol–water partition coefficient (Wildman–Crippen LogP) is 7.84. The molecule has 1 amide bonds. The Kier molecular flexibility index (Phi) is 9.27. The Bertz CT molecular complexity index is 1190. The van der Waals surface area contributed by atoms with Gasteiger partial charge in [-0.3, -0.25) is 4.79 Å². The molecule has 0 fully saturated rings. The number of hydrogen-bond donors (Lipinski definition) is 1. The Morgan fingerprint density at radius 2 is 1.19 bits per heavy atom. The van der Waals surface area contributed by atoms with E-state index >= 15 is 0 Å². The lowest BCUT2D eigenvalue weighted by Crippen LogP contribution is -2.74. The number of carbonyl (C=O) groups excluding carboxylic acids is 2. The van der Waals surface area contributed by atoms with Gasteiger partial charge in [-0.05, 0) is 45.1 Å². The summed E-state index contributed by atoms with van der Waals surface area (Å²) in [7, 11) is 0. The zero-order valence-corrected chi connectivity index (χ0v) is 21.5. The number of rotatable bonds is 11. The van der Waals surface area contributed by atoms with Gasteiger partial charge in [-0.1, -0.05) is 0 Å². The molecule has 0 bridgehead atoms. The Morgan fingerprint density at radius 3 is 1.67 bits per heavy atom. The highest BCUT2D eigenvalue weighted by Crippen LogP contribution is 2.63. The van der Waals surface area contributed by atoms with Crippen molar-refractivity contribution < 1.29 is 84.6 Å². The lowest BCUT2D eigenvalue weighted by atomic mass is 9.89. The lowest BCUT2D eigenvalue weighted by molar-refractivity contribution is -0.443. The molecule has 0 saturated carbocycles. The average molecular weight is 667 g/mol. The number of amides is 1. The van der Waals surface area contributed by atoms with Crippen molar-refractivity contribution in [1.29, 1.82) is 0 Å². The van der Waals surface area contributed by atoms with Gasteiger partial charge < -0.3 is 10.1 Å². The molecule has 242 valence electrons. The van der Waals surface area contributed by atoms with Crippen LogP contribution in [-0.2, 0) is 22.4 Å². The largest absolute Gasteiger partial charge is 0.459 e. The maximum absolute atomic E-state index is 14.4. The Hall–Kier alpha value is -2.48. The molecule has 0 saturated heterocycles. The van der Waals surface area contributed by atoms with E-state index in [1.165, 1.54) is 13.8 Å². The second-order valence-electron chi connectivity index (χ2n) is 9.19. The number of thiophene rings is 1. The molecule has 0 aromatic carbocycles. The molecule has 0 spiro atoms. The molecule has 0 unspecified atom stereocenters. The van der Waals surface area contributed by atoms with Crippen LogP contribution in [0.4, 0.5) is 75.2 Å². The zero-order valence-electron chi connectivity index (χ0n) is 20.7. The predicted molar refractivity (Wildman–Crippen MR) is 111 cm³/mol. The third-order valence-corrected chi connectivity index (χ3v) is 7.10. The molecular weight excluding hydrogens is 650 g/mol.